The Labute approximate surface area is 176 Å². The zero-order valence-corrected chi connectivity index (χ0v) is 17.7. The van der Waals surface area contributed by atoms with Crippen LogP contribution in [0.1, 0.15) is 40.0 Å². The third kappa shape index (κ3) is 3.99. The summed E-state index contributed by atoms with van der Waals surface area (Å²) in [6, 6.07) is 13.6. The Kier molecular flexibility index (Phi) is 5.55. The zero-order valence-electron chi connectivity index (χ0n) is 16.0. The highest BCUT2D eigenvalue weighted by molar-refractivity contribution is 7.10. The molecule has 1 aromatic carbocycles. The number of rotatable bonds is 6. The molecule has 1 N–H and O–H groups in total. The van der Waals surface area contributed by atoms with Gasteiger partial charge in [0, 0.05) is 4.88 Å². The van der Waals surface area contributed by atoms with Gasteiger partial charge in [0.2, 0.25) is 0 Å². The highest BCUT2D eigenvalue weighted by atomic mass is 32.1. The molecule has 148 valence electrons. The molecule has 1 atom stereocenters. The average Bonchev–Trinajstić information content (AvgIpc) is 3.39. The van der Waals surface area contributed by atoms with Crippen molar-refractivity contribution in [1.82, 2.24) is 19.2 Å². The normalized spacial score (nSPS) is 12.4. The highest BCUT2D eigenvalue weighted by Gasteiger charge is 2.24. The zero-order chi connectivity index (χ0) is 20.4. The van der Waals surface area contributed by atoms with Gasteiger partial charge in [0.1, 0.15) is 10.4 Å². The lowest BCUT2D eigenvalue weighted by Gasteiger charge is -2.20. The summed E-state index contributed by atoms with van der Waals surface area (Å²) in [5.41, 5.74) is 1.35. The van der Waals surface area contributed by atoms with Crippen LogP contribution in [0.15, 0.2) is 59.0 Å². The molecule has 0 radical (unpaired) electrons. The van der Waals surface area contributed by atoms with E-state index in [-0.39, 0.29) is 28.9 Å². The minimum Gasteiger partial charge on any atom is -0.343 e. The molecule has 3 heterocycles. The molecule has 4 aromatic rings. The summed E-state index contributed by atoms with van der Waals surface area (Å²) in [6.45, 7) is 4.54. The average molecular weight is 425 g/mol. The highest BCUT2D eigenvalue weighted by Crippen LogP contribution is 2.27. The van der Waals surface area contributed by atoms with Crippen molar-refractivity contribution in [3.05, 3.63) is 79.8 Å². The van der Waals surface area contributed by atoms with Gasteiger partial charge in [-0.05, 0) is 34.5 Å². The maximum absolute atomic E-state index is 12.9. The molecule has 6 nitrogen and oxygen atoms in total. The van der Waals surface area contributed by atoms with Crippen molar-refractivity contribution in [3.63, 3.8) is 0 Å². The van der Waals surface area contributed by atoms with Gasteiger partial charge in [-0.1, -0.05) is 50.2 Å². The van der Waals surface area contributed by atoms with Gasteiger partial charge in [0.05, 0.1) is 18.9 Å². The molecule has 0 saturated carbocycles. The number of thiophene rings is 1. The Hall–Kier alpha value is -2.84. The number of hydrogen-bond acceptors (Lipinski definition) is 6. The van der Waals surface area contributed by atoms with Crippen LogP contribution in [0.2, 0.25) is 0 Å². The summed E-state index contributed by atoms with van der Waals surface area (Å²) in [4.78, 5) is 31.6. The minimum absolute atomic E-state index is 0.0990. The predicted molar refractivity (Wildman–Crippen MR) is 117 cm³/mol. The number of nitrogens with zero attached hydrogens (tertiary/aromatic N) is 3. The largest absolute Gasteiger partial charge is 0.343 e. The molecule has 8 heteroatoms. The van der Waals surface area contributed by atoms with E-state index in [9.17, 15) is 9.59 Å². The van der Waals surface area contributed by atoms with Crippen LogP contribution in [0.3, 0.4) is 0 Å². The molecule has 1 unspecified atom stereocenters. The van der Waals surface area contributed by atoms with Crippen LogP contribution in [0.5, 0.6) is 0 Å². The molecular formula is C21H20N4O2S2. The molecule has 0 saturated heterocycles. The van der Waals surface area contributed by atoms with Crippen LogP contribution in [0.4, 0.5) is 0 Å². The summed E-state index contributed by atoms with van der Waals surface area (Å²) in [6.07, 6.45) is 1.49. The van der Waals surface area contributed by atoms with E-state index in [1.165, 1.54) is 10.9 Å². The first-order valence-electron chi connectivity index (χ1n) is 9.27. The van der Waals surface area contributed by atoms with E-state index in [2.05, 4.69) is 28.5 Å². The third-order valence-corrected chi connectivity index (χ3v) is 6.45. The van der Waals surface area contributed by atoms with E-state index < -0.39 is 0 Å². The molecular weight excluding hydrogens is 404 g/mol. The summed E-state index contributed by atoms with van der Waals surface area (Å²) < 4.78 is 5.76. The van der Waals surface area contributed by atoms with E-state index in [4.69, 9.17) is 0 Å². The lowest BCUT2D eigenvalue weighted by atomic mass is 10.0. The molecule has 0 aliphatic rings. The summed E-state index contributed by atoms with van der Waals surface area (Å²) in [7, 11) is 0. The number of amides is 1. The number of benzene rings is 1. The molecule has 0 aliphatic carbocycles. The van der Waals surface area contributed by atoms with Gasteiger partial charge in [-0.25, -0.2) is 4.98 Å². The number of hydrogen-bond donors (Lipinski definition) is 1. The first kappa shape index (κ1) is 19.5. The lowest BCUT2D eigenvalue weighted by Crippen LogP contribution is -2.31. The topological polar surface area (TPSA) is 76.9 Å². The van der Waals surface area contributed by atoms with Crippen molar-refractivity contribution >= 4 is 39.8 Å². The van der Waals surface area contributed by atoms with Gasteiger partial charge in [0.25, 0.3) is 11.5 Å². The van der Waals surface area contributed by atoms with Crippen molar-refractivity contribution in [3.8, 4) is 0 Å². The Balaban J connectivity index is 1.62. The van der Waals surface area contributed by atoms with Crippen molar-refractivity contribution in [1.29, 1.82) is 0 Å². The third-order valence-electron chi connectivity index (χ3n) is 4.66. The molecule has 1 amide bonds. The van der Waals surface area contributed by atoms with Crippen LogP contribution < -0.4 is 10.9 Å². The van der Waals surface area contributed by atoms with E-state index in [0.29, 0.717) is 16.9 Å². The van der Waals surface area contributed by atoms with E-state index >= 15 is 0 Å². The van der Waals surface area contributed by atoms with Crippen molar-refractivity contribution in [2.75, 3.05) is 0 Å². The molecule has 0 aliphatic heterocycles. The van der Waals surface area contributed by atoms with Gasteiger partial charge in [-0.2, -0.15) is 4.37 Å². The fraction of sp³-hybridized carbons (Fsp3) is 0.238. The van der Waals surface area contributed by atoms with Crippen molar-refractivity contribution < 1.29 is 4.79 Å². The van der Waals surface area contributed by atoms with Crippen LogP contribution >= 0.6 is 22.9 Å². The molecule has 3 aromatic heterocycles. The summed E-state index contributed by atoms with van der Waals surface area (Å²) in [5, 5.41) is 5.08. The minimum atomic E-state index is -0.252. The second-order valence-corrected chi connectivity index (χ2v) is 8.84. The van der Waals surface area contributed by atoms with Crippen LogP contribution in [0.25, 0.3) is 11.0 Å². The molecule has 29 heavy (non-hydrogen) atoms. The quantitative estimate of drug-likeness (QED) is 0.506. The van der Waals surface area contributed by atoms with Gasteiger partial charge in [0.15, 0.2) is 5.52 Å². The van der Waals surface area contributed by atoms with Crippen LogP contribution in [-0.4, -0.2) is 19.8 Å². The smallest absolute Gasteiger partial charge is 0.281 e. The fourth-order valence-electron chi connectivity index (χ4n) is 3.14. The van der Waals surface area contributed by atoms with Crippen molar-refractivity contribution in [2.45, 2.75) is 26.4 Å². The maximum atomic E-state index is 12.9. The van der Waals surface area contributed by atoms with Gasteiger partial charge in [-0.3, -0.25) is 14.2 Å². The standard InChI is InChI=1S/C21H20N4O2S2/c1-13(2)16(15-9-6-10-28-15)23-20(26)19-17-18(24-29-19)21(27)25(12-22-17)11-14-7-4-3-5-8-14/h3-10,12-13,16H,11H2,1-2H3,(H,23,26). The van der Waals surface area contributed by atoms with Crippen LogP contribution in [-0.2, 0) is 6.54 Å². The van der Waals surface area contributed by atoms with E-state index in [0.717, 1.165) is 22.0 Å². The molecule has 0 bridgehead atoms. The number of carbonyl (C=O) groups is 1. The van der Waals surface area contributed by atoms with Crippen molar-refractivity contribution in [2.24, 2.45) is 5.92 Å². The second kappa shape index (κ2) is 8.26. The van der Waals surface area contributed by atoms with Gasteiger partial charge in [-0.15, -0.1) is 11.3 Å². The molecule has 0 spiro atoms. The second-order valence-electron chi connectivity index (χ2n) is 7.08. The fourth-order valence-corrected chi connectivity index (χ4v) is 4.82. The Morgan fingerprint density at radius 2 is 1.93 bits per heavy atom. The number of fused-ring (bicyclic) bond motifs is 1. The Morgan fingerprint density at radius 1 is 1.14 bits per heavy atom. The first-order valence-corrected chi connectivity index (χ1v) is 10.9. The Bertz CT molecular complexity index is 1180. The number of carbonyl (C=O) groups excluding carboxylic acids is 1. The lowest BCUT2D eigenvalue weighted by molar-refractivity contribution is 0.0932. The SMILES string of the molecule is CC(C)C(NC(=O)c1snc2c(=O)n(Cc3ccccc3)cnc12)c1cccs1. The van der Waals surface area contributed by atoms with E-state index in [1.54, 1.807) is 11.3 Å². The van der Waals surface area contributed by atoms with Crippen LogP contribution in [0, 0.1) is 5.92 Å². The van der Waals surface area contributed by atoms with Gasteiger partial charge < -0.3 is 5.32 Å². The molecule has 0 fully saturated rings. The predicted octanol–water partition coefficient (Wildman–Crippen LogP) is 4.09. The molecule has 4 rings (SSSR count). The summed E-state index contributed by atoms with van der Waals surface area (Å²) in [5.74, 6) is -0.0230. The Morgan fingerprint density at radius 3 is 2.62 bits per heavy atom. The van der Waals surface area contributed by atoms with Gasteiger partial charge >= 0.3 is 0 Å². The maximum Gasteiger partial charge on any atom is 0.281 e. The number of aromatic nitrogens is 3. The summed E-state index contributed by atoms with van der Waals surface area (Å²) >= 11 is 2.63. The monoisotopic (exact) mass is 424 g/mol. The van der Waals surface area contributed by atoms with E-state index in [1.807, 2.05) is 47.8 Å². The number of nitrogens with one attached hydrogen (secondary N) is 1. The first-order chi connectivity index (χ1) is 14.0.